The molecule has 5 rings (SSSR count). The fourth-order valence-corrected chi connectivity index (χ4v) is 8.81. The van der Waals surface area contributed by atoms with E-state index < -0.39 is 16.0 Å². The Balaban J connectivity index is 1.41. The van der Waals surface area contributed by atoms with Crippen molar-refractivity contribution in [1.29, 1.82) is 0 Å². The van der Waals surface area contributed by atoms with Crippen molar-refractivity contribution in [3.63, 3.8) is 0 Å². The molecule has 0 saturated heterocycles. The molecule has 4 aliphatic rings. The minimum atomic E-state index is -3.97. The van der Waals surface area contributed by atoms with E-state index in [2.05, 4.69) is 20.8 Å². The molecule has 36 heavy (non-hydrogen) atoms. The number of nitrogens with two attached hydrogens (primary N) is 1. The Bertz CT molecular complexity index is 1240. The van der Waals surface area contributed by atoms with Crippen LogP contribution in [0.15, 0.2) is 34.7 Å². The maximum absolute atomic E-state index is 13.3. The van der Waals surface area contributed by atoms with E-state index >= 15 is 0 Å². The Kier molecular flexibility index (Phi) is 6.15. The number of rotatable bonds is 4. The number of carbonyl (C=O) groups is 2. The Morgan fingerprint density at radius 1 is 1.11 bits per heavy atom. The fourth-order valence-electron chi connectivity index (χ4n) is 8.27. The zero-order valence-corrected chi connectivity index (χ0v) is 22.4. The first-order valence-corrected chi connectivity index (χ1v) is 14.6. The van der Waals surface area contributed by atoms with Crippen LogP contribution in [-0.2, 0) is 19.6 Å². The Hall–Kier alpha value is -2.19. The van der Waals surface area contributed by atoms with Crippen LogP contribution >= 0.6 is 0 Å². The fraction of sp³-hybridized carbons (Fsp3) is 0.643. The van der Waals surface area contributed by atoms with Crippen LogP contribution in [0.2, 0.25) is 0 Å². The summed E-state index contributed by atoms with van der Waals surface area (Å²) in [5.74, 6) is 1.94. The third kappa shape index (κ3) is 3.92. The van der Waals surface area contributed by atoms with Crippen molar-refractivity contribution in [3.8, 4) is 5.75 Å². The second kappa shape index (κ2) is 8.69. The molecule has 4 aliphatic carbocycles. The molecular formula is C28H37NO6S. The zero-order chi connectivity index (χ0) is 26.0. The molecule has 3 fully saturated rings. The minimum absolute atomic E-state index is 0.0740. The number of methoxy groups -OCH3 is 1. The number of esters is 1. The van der Waals surface area contributed by atoms with Crippen LogP contribution in [0.5, 0.6) is 5.75 Å². The maximum Gasteiger partial charge on any atom is 0.342 e. The van der Waals surface area contributed by atoms with Gasteiger partial charge in [0.05, 0.1) is 12.0 Å². The van der Waals surface area contributed by atoms with E-state index in [0.717, 1.165) is 38.5 Å². The van der Waals surface area contributed by atoms with Crippen molar-refractivity contribution in [2.45, 2.75) is 76.7 Å². The van der Waals surface area contributed by atoms with Gasteiger partial charge < -0.3 is 9.47 Å². The summed E-state index contributed by atoms with van der Waals surface area (Å²) in [7, 11) is -2.54. The van der Waals surface area contributed by atoms with Crippen molar-refractivity contribution in [1.82, 2.24) is 0 Å². The molecule has 4 unspecified atom stereocenters. The van der Waals surface area contributed by atoms with Crippen LogP contribution in [-0.4, -0.2) is 33.4 Å². The summed E-state index contributed by atoms with van der Waals surface area (Å²) in [6, 6.07) is 4.00. The first-order chi connectivity index (χ1) is 16.9. The Labute approximate surface area is 213 Å². The molecular weight excluding hydrogens is 478 g/mol. The number of allylic oxidation sites excluding steroid dienone is 1. The van der Waals surface area contributed by atoms with E-state index in [1.807, 2.05) is 6.08 Å². The SMILES string of the molecule is COc1ccc(S(N)(=O)=O)cc1C(=O)O[C@H]1CCC2C3C(C)CC4=CC(=O)CC[C@]4(C)C3CC[C@@]21C. The number of hydrogen-bond donors (Lipinski definition) is 1. The van der Waals surface area contributed by atoms with E-state index in [1.165, 1.54) is 30.9 Å². The standard InChI is InChI=1S/C28H37NO6S/c1-16-13-17-14-18(30)9-11-27(17,2)22-10-12-28(3)21(25(16)22)6-8-24(28)35-26(31)20-15-19(36(29,32)33)5-7-23(20)34-4/h5,7,14-16,21-22,24-25H,6,8-13H2,1-4H3,(H2,29,32,33)/t16?,21?,22?,24-,25?,27-,28-/m0/s1. The molecule has 7 nitrogen and oxygen atoms in total. The van der Waals surface area contributed by atoms with Gasteiger partial charge in [-0.15, -0.1) is 0 Å². The largest absolute Gasteiger partial charge is 0.496 e. The van der Waals surface area contributed by atoms with Gasteiger partial charge in [0.25, 0.3) is 0 Å². The van der Waals surface area contributed by atoms with Gasteiger partial charge >= 0.3 is 5.97 Å². The quantitative estimate of drug-likeness (QED) is 0.584. The summed E-state index contributed by atoms with van der Waals surface area (Å²) in [5, 5.41) is 5.29. The number of fused-ring (bicyclic) bond motifs is 5. The van der Waals surface area contributed by atoms with Crippen LogP contribution in [0, 0.1) is 34.5 Å². The summed E-state index contributed by atoms with van der Waals surface area (Å²) in [6.45, 7) is 6.96. The first kappa shape index (κ1) is 25.5. The van der Waals surface area contributed by atoms with Gasteiger partial charge in [-0.3, -0.25) is 4.79 Å². The molecule has 3 saturated carbocycles. The van der Waals surface area contributed by atoms with Crippen LogP contribution in [0.3, 0.4) is 0 Å². The maximum atomic E-state index is 13.3. The first-order valence-electron chi connectivity index (χ1n) is 13.0. The summed E-state index contributed by atoms with van der Waals surface area (Å²) in [6.07, 6.45) is 8.05. The molecule has 0 aromatic heterocycles. The number of benzene rings is 1. The number of ether oxygens (including phenoxy) is 2. The van der Waals surface area contributed by atoms with Gasteiger partial charge in [0, 0.05) is 11.8 Å². The number of ketones is 1. The molecule has 0 spiro atoms. The van der Waals surface area contributed by atoms with E-state index in [4.69, 9.17) is 14.6 Å². The summed E-state index contributed by atoms with van der Waals surface area (Å²) in [4.78, 5) is 25.3. The molecule has 1 aromatic carbocycles. The molecule has 0 amide bonds. The van der Waals surface area contributed by atoms with Crippen molar-refractivity contribution in [2.75, 3.05) is 7.11 Å². The lowest BCUT2D eigenvalue weighted by Crippen LogP contribution is -2.54. The van der Waals surface area contributed by atoms with Crippen molar-refractivity contribution in [2.24, 2.45) is 39.6 Å². The summed E-state index contributed by atoms with van der Waals surface area (Å²) < 4.78 is 35.2. The van der Waals surface area contributed by atoms with Gasteiger partial charge in [-0.05, 0) is 91.9 Å². The molecule has 0 bridgehead atoms. The molecule has 0 radical (unpaired) electrons. The highest BCUT2D eigenvalue weighted by atomic mass is 32.2. The van der Waals surface area contributed by atoms with Gasteiger partial charge in [0.1, 0.15) is 17.4 Å². The number of carbonyl (C=O) groups excluding carboxylic acids is 2. The zero-order valence-electron chi connectivity index (χ0n) is 21.6. The lowest BCUT2D eigenvalue weighted by atomic mass is 9.45. The topological polar surface area (TPSA) is 113 Å². The summed E-state index contributed by atoms with van der Waals surface area (Å²) >= 11 is 0. The highest BCUT2D eigenvalue weighted by Crippen LogP contribution is 2.66. The van der Waals surface area contributed by atoms with Crippen LogP contribution < -0.4 is 9.88 Å². The Morgan fingerprint density at radius 3 is 2.56 bits per heavy atom. The smallest absolute Gasteiger partial charge is 0.342 e. The van der Waals surface area contributed by atoms with E-state index in [1.54, 1.807) is 0 Å². The average molecular weight is 516 g/mol. The van der Waals surface area contributed by atoms with E-state index in [0.29, 0.717) is 30.1 Å². The number of sulfonamides is 1. The van der Waals surface area contributed by atoms with E-state index in [-0.39, 0.29) is 38.9 Å². The molecule has 0 aliphatic heterocycles. The number of primary sulfonamides is 1. The van der Waals surface area contributed by atoms with Crippen molar-refractivity contribution < 1.29 is 27.5 Å². The highest BCUT2D eigenvalue weighted by Gasteiger charge is 2.61. The van der Waals surface area contributed by atoms with Crippen LogP contribution in [0.4, 0.5) is 0 Å². The Morgan fingerprint density at radius 2 is 1.86 bits per heavy atom. The third-order valence-electron chi connectivity index (χ3n) is 10.2. The molecule has 196 valence electrons. The van der Waals surface area contributed by atoms with Gasteiger partial charge in [0.15, 0.2) is 5.78 Å². The number of hydrogen-bond acceptors (Lipinski definition) is 6. The lowest BCUT2D eigenvalue weighted by Gasteiger charge is -2.59. The molecule has 1 aromatic rings. The van der Waals surface area contributed by atoms with Gasteiger partial charge in [-0.2, -0.15) is 0 Å². The van der Waals surface area contributed by atoms with Crippen molar-refractivity contribution in [3.05, 3.63) is 35.4 Å². The predicted molar refractivity (Wildman–Crippen MR) is 135 cm³/mol. The van der Waals surface area contributed by atoms with Crippen LogP contribution in [0.1, 0.15) is 76.1 Å². The molecule has 2 N–H and O–H groups in total. The van der Waals surface area contributed by atoms with Gasteiger partial charge in [0.2, 0.25) is 10.0 Å². The van der Waals surface area contributed by atoms with E-state index in [9.17, 15) is 18.0 Å². The second-order valence-corrected chi connectivity index (χ2v) is 13.5. The van der Waals surface area contributed by atoms with Gasteiger partial charge in [-0.25, -0.2) is 18.4 Å². The van der Waals surface area contributed by atoms with Crippen molar-refractivity contribution >= 4 is 21.8 Å². The lowest BCUT2D eigenvalue weighted by molar-refractivity contribution is -0.119. The molecule has 7 atom stereocenters. The minimum Gasteiger partial charge on any atom is -0.496 e. The molecule has 8 heteroatoms. The van der Waals surface area contributed by atoms with Crippen LogP contribution in [0.25, 0.3) is 0 Å². The average Bonchev–Trinajstić information content (AvgIpc) is 3.15. The predicted octanol–water partition coefficient (Wildman–Crippen LogP) is 4.65. The van der Waals surface area contributed by atoms with Gasteiger partial charge in [-0.1, -0.05) is 26.3 Å². The second-order valence-electron chi connectivity index (χ2n) is 11.9. The normalized spacial score (nSPS) is 37.9. The highest BCUT2D eigenvalue weighted by molar-refractivity contribution is 7.89. The third-order valence-corrected chi connectivity index (χ3v) is 11.1. The molecule has 0 heterocycles. The summed E-state index contributed by atoms with van der Waals surface area (Å²) in [5.41, 5.74) is 1.37. The monoisotopic (exact) mass is 515 g/mol.